The van der Waals surface area contributed by atoms with Crippen LogP contribution >= 0.6 is 23.2 Å². The summed E-state index contributed by atoms with van der Waals surface area (Å²) in [7, 11) is -2.49. The number of rotatable bonds is 2. The van der Waals surface area contributed by atoms with Gasteiger partial charge in [-0.25, -0.2) is 13.4 Å². The molecule has 0 aliphatic heterocycles. The van der Waals surface area contributed by atoms with Crippen LogP contribution < -0.4 is 4.31 Å². The third-order valence-electron chi connectivity index (χ3n) is 1.56. The molecular formula is C6H6Cl2FN3O2S. The zero-order valence-electron chi connectivity index (χ0n) is 7.70. The van der Waals surface area contributed by atoms with E-state index in [0.717, 1.165) is 13.3 Å². The van der Waals surface area contributed by atoms with Crippen LogP contribution in [-0.2, 0) is 10.0 Å². The van der Waals surface area contributed by atoms with E-state index in [2.05, 4.69) is 9.97 Å². The van der Waals surface area contributed by atoms with Crippen molar-refractivity contribution in [1.82, 2.24) is 9.97 Å². The van der Waals surface area contributed by atoms with Gasteiger partial charge in [0.15, 0.2) is 11.0 Å². The monoisotopic (exact) mass is 273 g/mol. The molecule has 0 fully saturated rings. The Balaban J connectivity index is 3.38. The van der Waals surface area contributed by atoms with Gasteiger partial charge in [-0.2, -0.15) is 9.37 Å². The molecule has 84 valence electrons. The SMILES string of the molecule is CN(c1nc(Cl)nc(Cl)c1F)S(C)(=O)=O. The number of nitrogens with zero attached hydrogens (tertiary/aromatic N) is 3. The van der Waals surface area contributed by atoms with E-state index in [-0.39, 0.29) is 5.28 Å². The Morgan fingerprint density at radius 1 is 1.33 bits per heavy atom. The number of anilines is 1. The van der Waals surface area contributed by atoms with E-state index in [1.54, 1.807) is 0 Å². The van der Waals surface area contributed by atoms with E-state index in [4.69, 9.17) is 23.2 Å². The molecular weight excluding hydrogens is 268 g/mol. The van der Waals surface area contributed by atoms with Gasteiger partial charge in [0.05, 0.1) is 6.26 Å². The molecule has 0 unspecified atom stereocenters. The number of hydrogen-bond acceptors (Lipinski definition) is 4. The van der Waals surface area contributed by atoms with Crippen LogP contribution in [0.3, 0.4) is 0 Å². The van der Waals surface area contributed by atoms with Crippen molar-refractivity contribution >= 4 is 39.0 Å². The van der Waals surface area contributed by atoms with Gasteiger partial charge in [0.1, 0.15) is 0 Å². The fraction of sp³-hybridized carbons (Fsp3) is 0.333. The molecule has 0 saturated carbocycles. The number of halogens is 3. The first-order valence-corrected chi connectivity index (χ1v) is 6.16. The number of aromatic nitrogens is 2. The summed E-state index contributed by atoms with van der Waals surface area (Å²) in [5.41, 5.74) is 0. The normalized spacial score (nSPS) is 11.5. The maximum atomic E-state index is 13.3. The van der Waals surface area contributed by atoms with Gasteiger partial charge in [-0.05, 0) is 11.6 Å². The maximum absolute atomic E-state index is 13.3. The first-order valence-electron chi connectivity index (χ1n) is 3.56. The minimum Gasteiger partial charge on any atom is -0.254 e. The van der Waals surface area contributed by atoms with Crippen molar-refractivity contribution in [2.45, 2.75) is 0 Å². The van der Waals surface area contributed by atoms with Gasteiger partial charge in [0.2, 0.25) is 21.1 Å². The van der Waals surface area contributed by atoms with Crippen LogP contribution in [0.15, 0.2) is 0 Å². The van der Waals surface area contributed by atoms with Crippen molar-refractivity contribution in [3.8, 4) is 0 Å². The second-order valence-electron chi connectivity index (χ2n) is 2.65. The Morgan fingerprint density at radius 2 is 1.87 bits per heavy atom. The van der Waals surface area contributed by atoms with Gasteiger partial charge in [0.25, 0.3) is 0 Å². The van der Waals surface area contributed by atoms with Gasteiger partial charge in [0, 0.05) is 7.05 Å². The fourth-order valence-electron chi connectivity index (χ4n) is 0.750. The van der Waals surface area contributed by atoms with Crippen LogP contribution in [0.1, 0.15) is 0 Å². The second kappa shape index (κ2) is 4.07. The highest BCUT2D eigenvalue weighted by Gasteiger charge is 2.21. The highest BCUT2D eigenvalue weighted by atomic mass is 35.5. The van der Waals surface area contributed by atoms with E-state index in [9.17, 15) is 12.8 Å². The molecule has 0 aromatic carbocycles. The lowest BCUT2D eigenvalue weighted by molar-refractivity contribution is 0.591. The Kier molecular flexibility index (Phi) is 3.37. The third kappa shape index (κ3) is 2.67. The first kappa shape index (κ1) is 12.4. The topological polar surface area (TPSA) is 63.2 Å². The molecule has 5 nitrogen and oxygen atoms in total. The third-order valence-corrected chi connectivity index (χ3v) is 3.15. The number of sulfonamides is 1. The molecule has 0 aliphatic carbocycles. The molecule has 0 spiro atoms. The zero-order valence-corrected chi connectivity index (χ0v) is 10.0. The quantitative estimate of drug-likeness (QED) is 0.602. The largest absolute Gasteiger partial charge is 0.254 e. The van der Waals surface area contributed by atoms with Crippen LogP contribution in [0.25, 0.3) is 0 Å². The molecule has 0 radical (unpaired) electrons. The molecule has 9 heteroatoms. The van der Waals surface area contributed by atoms with Crippen molar-refractivity contribution in [2.75, 3.05) is 17.6 Å². The lowest BCUT2D eigenvalue weighted by Gasteiger charge is -2.15. The molecule has 1 rings (SSSR count). The van der Waals surface area contributed by atoms with Crippen molar-refractivity contribution in [3.63, 3.8) is 0 Å². The zero-order chi connectivity index (χ0) is 11.8. The van der Waals surface area contributed by atoms with Gasteiger partial charge in [-0.1, -0.05) is 11.6 Å². The van der Waals surface area contributed by atoms with Gasteiger partial charge < -0.3 is 0 Å². The standard InChI is InChI=1S/C6H6Cl2FN3O2S/c1-12(15(2,13)14)5-3(9)4(7)10-6(8)11-5/h1-2H3. The van der Waals surface area contributed by atoms with Gasteiger partial charge in [-0.15, -0.1) is 0 Å². The van der Waals surface area contributed by atoms with E-state index >= 15 is 0 Å². The molecule has 0 aliphatic rings. The molecule has 1 aromatic rings. The van der Waals surface area contributed by atoms with Crippen LogP contribution in [0.2, 0.25) is 10.4 Å². The summed E-state index contributed by atoms with van der Waals surface area (Å²) in [6.07, 6.45) is 0.899. The van der Waals surface area contributed by atoms with Crippen molar-refractivity contribution < 1.29 is 12.8 Å². The maximum Gasteiger partial charge on any atom is 0.233 e. The van der Waals surface area contributed by atoms with Gasteiger partial charge in [-0.3, -0.25) is 4.31 Å². The molecule has 0 atom stereocenters. The van der Waals surface area contributed by atoms with Crippen molar-refractivity contribution in [1.29, 1.82) is 0 Å². The van der Waals surface area contributed by atoms with E-state index < -0.39 is 26.8 Å². The van der Waals surface area contributed by atoms with Crippen LogP contribution in [-0.4, -0.2) is 31.7 Å². The lowest BCUT2D eigenvalue weighted by atomic mass is 10.5. The summed E-state index contributed by atoms with van der Waals surface area (Å²) in [5, 5.41) is -0.854. The predicted octanol–water partition coefficient (Wildman–Crippen LogP) is 1.32. The van der Waals surface area contributed by atoms with E-state index in [0.29, 0.717) is 4.31 Å². The predicted molar refractivity (Wildman–Crippen MR) is 55.3 cm³/mol. The highest BCUT2D eigenvalue weighted by Crippen LogP contribution is 2.24. The Bertz CT molecular complexity index is 493. The smallest absolute Gasteiger partial charge is 0.233 e. The summed E-state index contributed by atoms with van der Waals surface area (Å²) < 4.78 is 36.2. The highest BCUT2D eigenvalue weighted by molar-refractivity contribution is 7.92. The Labute approximate surface area is 95.9 Å². The van der Waals surface area contributed by atoms with Gasteiger partial charge >= 0.3 is 0 Å². The molecule has 0 bridgehead atoms. The van der Waals surface area contributed by atoms with Crippen LogP contribution in [0, 0.1) is 5.82 Å². The Hall–Kier alpha value is -0.660. The average Bonchev–Trinajstić information content (AvgIpc) is 2.08. The molecule has 0 saturated heterocycles. The second-order valence-corrected chi connectivity index (χ2v) is 5.36. The Morgan fingerprint density at radius 3 is 2.33 bits per heavy atom. The minimum absolute atomic E-state index is 0.327. The molecule has 1 aromatic heterocycles. The van der Waals surface area contributed by atoms with E-state index in [1.807, 2.05) is 0 Å². The fourth-order valence-corrected chi connectivity index (χ4v) is 1.56. The molecule has 0 amide bonds. The van der Waals surface area contributed by atoms with Crippen LogP contribution in [0.4, 0.5) is 10.2 Å². The summed E-state index contributed by atoms with van der Waals surface area (Å²) in [6.45, 7) is 0. The molecule has 0 N–H and O–H groups in total. The van der Waals surface area contributed by atoms with Crippen molar-refractivity contribution in [2.24, 2.45) is 0 Å². The van der Waals surface area contributed by atoms with Crippen LogP contribution in [0.5, 0.6) is 0 Å². The average molecular weight is 274 g/mol. The minimum atomic E-state index is -3.63. The van der Waals surface area contributed by atoms with Crippen molar-refractivity contribution in [3.05, 3.63) is 16.3 Å². The van der Waals surface area contributed by atoms with E-state index in [1.165, 1.54) is 0 Å². The number of hydrogen-bond donors (Lipinski definition) is 0. The molecule has 15 heavy (non-hydrogen) atoms. The summed E-state index contributed by atoms with van der Waals surface area (Å²) in [5.74, 6) is -1.52. The summed E-state index contributed by atoms with van der Waals surface area (Å²) >= 11 is 10.8. The summed E-state index contributed by atoms with van der Waals surface area (Å²) in [4.78, 5) is 6.76. The summed E-state index contributed by atoms with van der Waals surface area (Å²) in [6, 6.07) is 0. The first-order chi connectivity index (χ1) is 6.73. The lowest BCUT2D eigenvalue weighted by Crippen LogP contribution is -2.27. The molecule has 1 heterocycles.